The molecule has 0 aliphatic rings. The Bertz CT molecular complexity index is 797. The van der Waals surface area contributed by atoms with Crippen LogP contribution in [0, 0.1) is 0 Å². The number of nitrogens with zero attached hydrogens (tertiary/aromatic N) is 3. The van der Waals surface area contributed by atoms with Crippen molar-refractivity contribution >= 4 is 27.9 Å². The lowest BCUT2D eigenvalue weighted by Crippen LogP contribution is -2.03. The molecule has 0 fully saturated rings. The van der Waals surface area contributed by atoms with Gasteiger partial charge in [0.1, 0.15) is 16.9 Å². The van der Waals surface area contributed by atoms with Crippen LogP contribution in [0.15, 0.2) is 12.1 Å². The molecule has 3 rings (SSSR count). The summed E-state index contributed by atoms with van der Waals surface area (Å²) in [6.07, 6.45) is 3.52. The Hall–Kier alpha value is -2.25. The van der Waals surface area contributed by atoms with E-state index in [2.05, 4.69) is 31.7 Å². The first-order valence-electron chi connectivity index (χ1n) is 7.48. The van der Waals surface area contributed by atoms with Crippen molar-refractivity contribution in [2.24, 2.45) is 5.90 Å². The first-order chi connectivity index (χ1) is 10.7. The minimum absolute atomic E-state index is 0.426. The summed E-state index contributed by atoms with van der Waals surface area (Å²) in [6.45, 7) is 2.63. The second-order valence-corrected chi connectivity index (χ2v) is 5.30. The molecule has 0 atom stereocenters. The van der Waals surface area contributed by atoms with Gasteiger partial charge in [0, 0.05) is 12.1 Å². The third-order valence-electron chi connectivity index (χ3n) is 3.59. The van der Waals surface area contributed by atoms with E-state index in [1.807, 2.05) is 12.1 Å². The van der Waals surface area contributed by atoms with Gasteiger partial charge in [-0.05, 0) is 31.4 Å². The van der Waals surface area contributed by atoms with E-state index in [0.717, 1.165) is 53.8 Å². The molecule has 0 aromatic carbocycles. The van der Waals surface area contributed by atoms with E-state index in [0.29, 0.717) is 17.9 Å². The molecule has 5 N–H and O–H groups in total. The summed E-state index contributed by atoms with van der Waals surface area (Å²) in [5.74, 6) is 6.29. The van der Waals surface area contributed by atoms with Crippen molar-refractivity contribution in [3.63, 3.8) is 0 Å². The van der Waals surface area contributed by atoms with Crippen LogP contribution in [0.3, 0.4) is 0 Å². The molecule has 3 heterocycles. The summed E-state index contributed by atoms with van der Waals surface area (Å²) in [7, 11) is 0. The molecule has 116 valence electrons. The number of aromatic amines is 1. The van der Waals surface area contributed by atoms with Gasteiger partial charge in [-0.2, -0.15) is 0 Å². The van der Waals surface area contributed by atoms with Crippen molar-refractivity contribution in [3.05, 3.63) is 23.7 Å². The number of nitrogens with one attached hydrogen (secondary N) is 1. The zero-order valence-electron chi connectivity index (χ0n) is 12.6. The Morgan fingerprint density at radius 1 is 1.14 bits per heavy atom. The zero-order chi connectivity index (χ0) is 15.5. The smallest absolute Gasteiger partial charge is 0.152 e. The number of nitrogen functional groups attached to an aromatic ring is 1. The van der Waals surface area contributed by atoms with Gasteiger partial charge < -0.3 is 15.6 Å². The molecule has 0 saturated heterocycles. The number of imidazole rings is 1. The predicted octanol–water partition coefficient (Wildman–Crippen LogP) is 1.86. The quantitative estimate of drug-likeness (QED) is 0.472. The van der Waals surface area contributed by atoms with Gasteiger partial charge in [0.05, 0.1) is 17.6 Å². The highest BCUT2D eigenvalue weighted by Crippen LogP contribution is 2.25. The number of H-pyrrole nitrogens is 1. The van der Waals surface area contributed by atoms with E-state index in [4.69, 9.17) is 11.6 Å². The summed E-state index contributed by atoms with van der Waals surface area (Å²) in [6, 6.07) is 3.95. The summed E-state index contributed by atoms with van der Waals surface area (Å²) < 4.78 is 0. The minimum Gasteiger partial charge on any atom is -0.382 e. The molecular formula is C15H20N6O. The number of anilines is 1. The van der Waals surface area contributed by atoms with Gasteiger partial charge in [-0.25, -0.2) is 20.8 Å². The number of pyridine rings is 2. The van der Waals surface area contributed by atoms with E-state index in [1.54, 1.807) is 0 Å². The van der Waals surface area contributed by atoms with Crippen LogP contribution >= 0.6 is 0 Å². The average molecular weight is 300 g/mol. The number of nitrogens with two attached hydrogens (primary N) is 2. The van der Waals surface area contributed by atoms with Crippen LogP contribution in [0.25, 0.3) is 22.1 Å². The largest absolute Gasteiger partial charge is 0.382 e. The van der Waals surface area contributed by atoms with Gasteiger partial charge in [-0.15, -0.1) is 0 Å². The molecule has 0 aliphatic carbocycles. The fourth-order valence-corrected chi connectivity index (χ4v) is 2.55. The van der Waals surface area contributed by atoms with Crippen LogP contribution in [0.1, 0.15) is 31.3 Å². The third-order valence-corrected chi connectivity index (χ3v) is 3.59. The summed E-state index contributed by atoms with van der Waals surface area (Å²) in [5.41, 5.74) is 10.2. The van der Waals surface area contributed by atoms with Gasteiger partial charge in [-0.1, -0.05) is 6.92 Å². The fraction of sp³-hybridized carbons (Fsp3) is 0.400. The van der Waals surface area contributed by atoms with Gasteiger partial charge in [-0.3, -0.25) is 0 Å². The highest BCUT2D eigenvalue weighted by molar-refractivity contribution is 6.03. The van der Waals surface area contributed by atoms with Crippen LogP contribution in [-0.2, 0) is 17.7 Å². The fourth-order valence-electron chi connectivity index (χ4n) is 2.55. The monoisotopic (exact) mass is 300 g/mol. The SMILES string of the molecule is CCCc1nc2c(N)nc3ccc(CCCON)[nH]c3c2n1. The first-order valence-corrected chi connectivity index (χ1v) is 7.48. The Morgan fingerprint density at radius 3 is 2.73 bits per heavy atom. The predicted molar refractivity (Wildman–Crippen MR) is 86.1 cm³/mol. The molecule has 0 spiro atoms. The van der Waals surface area contributed by atoms with E-state index in [9.17, 15) is 0 Å². The Balaban J connectivity index is 2.08. The van der Waals surface area contributed by atoms with E-state index < -0.39 is 0 Å². The Labute approximate surface area is 128 Å². The number of fused-ring (bicyclic) bond motifs is 3. The molecule has 0 aliphatic heterocycles. The Kier molecular flexibility index (Phi) is 4.17. The molecule has 3 aromatic rings. The third kappa shape index (κ3) is 2.72. The Morgan fingerprint density at radius 2 is 1.95 bits per heavy atom. The average Bonchev–Trinajstić information content (AvgIpc) is 2.93. The van der Waals surface area contributed by atoms with Crippen molar-refractivity contribution in [2.45, 2.75) is 32.6 Å². The normalized spacial score (nSPS) is 11.5. The molecule has 0 bridgehead atoms. The van der Waals surface area contributed by atoms with Gasteiger partial charge in [0.15, 0.2) is 5.82 Å². The van der Waals surface area contributed by atoms with Crippen molar-refractivity contribution in [2.75, 3.05) is 12.3 Å². The minimum atomic E-state index is 0.426. The maximum Gasteiger partial charge on any atom is 0.152 e. The second-order valence-electron chi connectivity index (χ2n) is 5.30. The maximum atomic E-state index is 6.01. The number of aromatic nitrogens is 4. The van der Waals surface area contributed by atoms with Crippen LogP contribution < -0.4 is 11.6 Å². The lowest BCUT2D eigenvalue weighted by Gasteiger charge is -2.05. The number of hydrogen-bond acceptors (Lipinski definition) is 6. The van der Waals surface area contributed by atoms with Crippen LogP contribution in [0.2, 0.25) is 0 Å². The highest BCUT2D eigenvalue weighted by atomic mass is 16.6. The molecule has 7 nitrogen and oxygen atoms in total. The lowest BCUT2D eigenvalue weighted by atomic mass is 10.2. The number of aryl methyl sites for hydroxylation is 2. The van der Waals surface area contributed by atoms with Crippen molar-refractivity contribution < 1.29 is 4.84 Å². The topological polar surface area (TPSA) is 116 Å². The van der Waals surface area contributed by atoms with E-state index in [-0.39, 0.29) is 0 Å². The lowest BCUT2D eigenvalue weighted by molar-refractivity contribution is 0.135. The van der Waals surface area contributed by atoms with Gasteiger partial charge in [0.2, 0.25) is 0 Å². The standard InChI is InChI=1S/C15H20N6O/c1-2-4-11-20-13-12-10(19-15(16)14(13)21-11)7-6-9(18-12)5-3-8-22-17/h6-7,18H,2-5,8,17H2,1H3,(H2,16,19). The van der Waals surface area contributed by atoms with Crippen LogP contribution in [-0.4, -0.2) is 26.5 Å². The summed E-state index contributed by atoms with van der Waals surface area (Å²) in [4.78, 5) is 21.5. The number of hydrogen-bond donors (Lipinski definition) is 3. The van der Waals surface area contributed by atoms with Crippen molar-refractivity contribution in [3.8, 4) is 0 Å². The zero-order valence-corrected chi connectivity index (χ0v) is 12.6. The second kappa shape index (κ2) is 6.25. The van der Waals surface area contributed by atoms with Crippen LogP contribution in [0.5, 0.6) is 0 Å². The molecule has 0 saturated carbocycles. The van der Waals surface area contributed by atoms with Gasteiger partial charge in [0.25, 0.3) is 0 Å². The molecule has 22 heavy (non-hydrogen) atoms. The molecular weight excluding hydrogens is 280 g/mol. The van der Waals surface area contributed by atoms with Gasteiger partial charge >= 0.3 is 0 Å². The number of rotatable bonds is 6. The molecule has 0 radical (unpaired) electrons. The molecule has 0 amide bonds. The molecule has 7 heteroatoms. The highest BCUT2D eigenvalue weighted by Gasteiger charge is 2.13. The summed E-state index contributed by atoms with van der Waals surface area (Å²) in [5, 5.41) is 0. The molecule has 3 aromatic heterocycles. The summed E-state index contributed by atoms with van der Waals surface area (Å²) >= 11 is 0. The molecule has 0 unspecified atom stereocenters. The van der Waals surface area contributed by atoms with Crippen molar-refractivity contribution in [1.82, 2.24) is 19.9 Å². The van der Waals surface area contributed by atoms with Crippen LogP contribution in [0.4, 0.5) is 5.82 Å². The maximum absolute atomic E-state index is 6.01. The van der Waals surface area contributed by atoms with E-state index >= 15 is 0 Å². The van der Waals surface area contributed by atoms with E-state index in [1.165, 1.54) is 0 Å². The van der Waals surface area contributed by atoms with Crippen molar-refractivity contribution in [1.29, 1.82) is 0 Å². The first kappa shape index (κ1) is 14.7.